The second-order valence-electron chi connectivity index (χ2n) is 6.92. The van der Waals surface area contributed by atoms with Crippen LogP contribution >= 0.6 is 0 Å². The molecule has 0 spiro atoms. The Kier molecular flexibility index (Phi) is 6.25. The van der Waals surface area contributed by atoms with Crippen LogP contribution in [0.2, 0.25) is 0 Å². The van der Waals surface area contributed by atoms with Gasteiger partial charge in [-0.3, -0.25) is 0 Å². The van der Waals surface area contributed by atoms with Crippen molar-refractivity contribution in [1.82, 2.24) is 10.2 Å². The summed E-state index contributed by atoms with van der Waals surface area (Å²) in [5.41, 5.74) is 2.88. The lowest BCUT2D eigenvalue weighted by atomic mass is 9.95. The molecule has 0 radical (unpaired) electrons. The largest absolute Gasteiger partial charge is 0.309 e. The van der Waals surface area contributed by atoms with Crippen LogP contribution in [0, 0.1) is 18.8 Å². The highest BCUT2D eigenvalue weighted by molar-refractivity contribution is 5.29. The van der Waals surface area contributed by atoms with Gasteiger partial charge in [-0.25, -0.2) is 0 Å². The molecule has 2 unspecified atom stereocenters. The smallest absolute Gasteiger partial charge is 0.0451 e. The van der Waals surface area contributed by atoms with Crippen LogP contribution < -0.4 is 5.32 Å². The average Bonchev–Trinajstić information content (AvgIpc) is 2.93. The third-order valence-electron chi connectivity index (χ3n) is 4.90. The average molecular weight is 288 g/mol. The monoisotopic (exact) mass is 288 g/mol. The van der Waals surface area contributed by atoms with Crippen molar-refractivity contribution < 1.29 is 0 Å². The normalized spacial score (nSPS) is 21.1. The molecule has 1 saturated heterocycles. The van der Waals surface area contributed by atoms with Crippen LogP contribution in [0.1, 0.15) is 50.8 Å². The van der Waals surface area contributed by atoms with Gasteiger partial charge in [-0.15, -0.1) is 0 Å². The zero-order chi connectivity index (χ0) is 15.2. The molecular formula is C19H32N2. The summed E-state index contributed by atoms with van der Waals surface area (Å²) in [5.74, 6) is 1.70. The van der Waals surface area contributed by atoms with E-state index in [0.717, 1.165) is 24.9 Å². The molecule has 2 nitrogen and oxygen atoms in total. The number of nitrogens with zero attached hydrogens (tertiary/aromatic N) is 1. The van der Waals surface area contributed by atoms with E-state index in [9.17, 15) is 0 Å². The summed E-state index contributed by atoms with van der Waals surface area (Å²) in [6.45, 7) is 14.0. The van der Waals surface area contributed by atoms with Gasteiger partial charge in [-0.05, 0) is 55.8 Å². The van der Waals surface area contributed by atoms with Gasteiger partial charge in [-0.1, -0.05) is 45.0 Å². The van der Waals surface area contributed by atoms with E-state index in [4.69, 9.17) is 0 Å². The highest BCUT2D eigenvalue weighted by Gasteiger charge is 2.27. The first-order valence-electron chi connectivity index (χ1n) is 8.63. The molecule has 1 N–H and O–H groups in total. The molecule has 118 valence electrons. The lowest BCUT2D eigenvalue weighted by Gasteiger charge is -2.27. The first-order valence-corrected chi connectivity index (χ1v) is 8.63. The van der Waals surface area contributed by atoms with Gasteiger partial charge in [0.15, 0.2) is 0 Å². The number of hydrogen-bond acceptors (Lipinski definition) is 2. The molecule has 1 fully saturated rings. The number of likely N-dealkylation sites (tertiary alicyclic amines) is 1. The van der Waals surface area contributed by atoms with Crippen LogP contribution in [0.25, 0.3) is 0 Å². The standard InChI is InChI=1S/C19H32N2/c1-5-11-20-19(18-9-7-6-8-16(18)4)14-21-12-10-17(13-21)15(2)3/h6-9,15,17,19-20H,5,10-14H2,1-4H3. The van der Waals surface area contributed by atoms with Gasteiger partial charge in [0.05, 0.1) is 0 Å². The SMILES string of the molecule is CCCNC(CN1CCC(C(C)C)C1)c1ccccc1C. The van der Waals surface area contributed by atoms with E-state index >= 15 is 0 Å². The minimum atomic E-state index is 0.470. The van der Waals surface area contributed by atoms with Gasteiger partial charge in [0.25, 0.3) is 0 Å². The Morgan fingerprint density at radius 1 is 1.29 bits per heavy atom. The highest BCUT2D eigenvalue weighted by Crippen LogP contribution is 2.26. The summed E-state index contributed by atoms with van der Waals surface area (Å²) in [6.07, 6.45) is 2.56. The van der Waals surface area contributed by atoms with E-state index in [1.807, 2.05) is 0 Å². The lowest BCUT2D eigenvalue weighted by molar-refractivity contribution is 0.270. The van der Waals surface area contributed by atoms with Gasteiger partial charge >= 0.3 is 0 Å². The maximum atomic E-state index is 3.76. The number of benzene rings is 1. The van der Waals surface area contributed by atoms with Gasteiger partial charge in [-0.2, -0.15) is 0 Å². The first-order chi connectivity index (χ1) is 10.1. The fourth-order valence-corrected chi connectivity index (χ4v) is 3.40. The third kappa shape index (κ3) is 4.55. The molecule has 0 saturated carbocycles. The number of hydrogen-bond donors (Lipinski definition) is 1. The molecule has 1 aliphatic rings. The predicted octanol–water partition coefficient (Wildman–Crippen LogP) is 4.01. The van der Waals surface area contributed by atoms with Crippen LogP contribution in [-0.2, 0) is 0 Å². The maximum Gasteiger partial charge on any atom is 0.0451 e. The molecule has 2 rings (SSSR count). The molecule has 1 heterocycles. The molecular weight excluding hydrogens is 256 g/mol. The summed E-state index contributed by atoms with van der Waals surface area (Å²) in [6, 6.07) is 9.30. The fourth-order valence-electron chi connectivity index (χ4n) is 3.40. The van der Waals surface area contributed by atoms with Crippen molar-refractivity contribution in [2.45, 2.75) is 46.6 Å². The predicted molar refractivity (Wildman–Crippen MR) is 91.6 cm³/mol. The van der Waals surface area contributed by atoms with E-state index < -0.39 is 0 Å². The van der Waals surface area contributed by atoms with Crippen LogP contribution in [0.3, 0.4) is 0 Å². The molecule has 2 heteroatoms. The highest BCUT2D eigenvalue weighted by atomic mass is 15.2. The fraction of sp³-hybridized carbons (Fsp3) is 0.684. The summed E-state index contributed by atoms with van der Waals surface area (Å²) in [7, 11) is 0. The Hall–Kier alpha value is -0.860. The maximum absolute atomic E-state index is 3.76. The molecule has 21 heavy (non-hydrogen) atoms. The molecule has 1 aliphatic heterocycles. The molecule has 0 aromatic heterocycles. The van der Waals surface area contributed by atoms with Crippen molar-refractivity contribution in [3.05, 3.63) is 35.4 Å². The van der Waals surface area contributed by atoms with Gasteiger partial charge in [0, 0.05) is 19.1 Å². The van der Waals surface area contributed by atoms with Gasteiger partial charge < -0.3 is 10.2 Å². The Bertz CT molecular complexity index is 427. The Morgan fingerprint density at radius 3 is 2.67 bits per heavy atom. The second kappa shape index (κ2) is 7.95. The minimum Gasteiger partial charge on any atom is -0.309 e. The number of rotatable bonds is 7. The molecule has 0 amide bonds. The van der Waals surface area contributed by atoms with Crippen LogP contribution in [0.4, 0.5) is 0 Å². The minimum absolute atomic E-state index is 0.470. The Morgan fingerprint density at radius 2 is 2.05 bits per heavy atom. The van der Waals surface area contributed by atoms with Crippen molar-refractivity contribution in [2.75, 3.05) is 26.2 Å². The van der Waals surface area contributed by atoms with E-state index in [1.165, 1.54) is 37.1 Å². The summed E-state index contributed by atoms with van der Waals surface area (Å²) in [5, 5.41) is 3.76. The van der Waals surface area contributed by atoms with Crippen molar-refractivity contribution in [3.8, 4) is 0 Å². The van der Waals surface area contributed by atoms with Crippen molar-refractivity contribution in [1.29, 1.82) is 0 Å². The molecule has 0 bridgehead atoms. The zero-order valence-corrected chi connectivity index (χ0v) is 14.2. The van der Waals surface area contributed by atoms with E-state index in [0.29, 0.717) is 6.04 Å². The van der Waals surface area contributed by atoms with Gasteiger partial charge in [0.1, 0.15) is 0 Å². The zero-order valence-electron chi connectivity index (χ0n) is 14.2. The van der Waals surface area contributed by atoms with E-state index in [2.05, 4.69) is 62.2 Å². The second-order valence-corrected chi connectivity index (χ2v) is 6.92. The van der Waals surface area contributed by atoms with E-state index in [-0.39, 0.29) is 0 Å². The van der Waals surface area contributed by atoms with E-state index in [1.54, 1.807) is 0 Å². The topological polar surface area (TPSA) is 15.3 Å². The van der Waals surface area contributed by atoms with Crippen LogP contribution in [-0.4, -0.2) is 31.1 Å². The molecule has 2 atom stereocenters. The molecule has 0 aliphatic carbocycles. The summed E-state index contributed by atoms with van der Waals surface area (Å²) < 4.78 is 0. The third-order valence-corrected chi connectivity index (χ3v) is 4.90. The van der Waals surface area contributed by atoms with Crippen LogP contribution in [0.5, 0.6) is 0 Å². The first kappa shape index (κ1) is 16.5. The summed E-state index contributed by atoms with van der Waals surface area (Å²) >= 11 is 0. The van der Waals surface area contributed by atoms with Crippen molar-refractivity contribution >= 4 is 0 Å². The Balaban J connectivity index is 2.02. The lowest BCUT2D eigenvalue weighted by Crippen LogP contribution is -2.35. The van der Waals surface area contributed by atoms with Crippen molar-refractivity contribution in [3.63, 3.8) is 0 Å². The number of aryl methyl sites for hydroxylation is 1. The molecule has 1 aromatic rings. The quantitative estimate of drug-likeness (QED) is 0.815. The van der Waals surface area contributed by atoms with Gasteiger partial charge in [0.2, 0.25) is 0 Å². The Labute approximate surface area is 130 Å². The number of nitrogens with one attached hydrogen (secondary N) is 1. The van der Waals surface area contributed by atoms with Crippen molar-refractivity contribution in [2.24, 2.45) is 11.8 Å². The van der Waals surface area contributed by atoms with Crippen LogP contribution in [0.15, 0.2) is 24.3 Å². The molecule has 1 aromatic carbocycles. The summed E-state index contributed by atoms with van der Waals surface area (Å²) in [4.78, 5) is 2.66.